The fourth-order valence-corrected chi connectivity index (χ4v) is 3.77. The van der Waals surface area contributed by atoms with E-state index < -0.39 is 4.92 Å². The van der Waals surface area contributed by atoms with Crippen molar-refractivity contribution in [2.45, 2.75) is 12.8 Å². The molecule has 1 amide bonds. The van der Waals surface area contributed by atoms with E-state index in [0.717, 1.165) is 24.2 Å². The van der Waals surface area contributed by atoms with Gasteiger partial charge in [-0.2, -0.15) is 0 Å². The number of carbonyl (C=O) groups excluding carboxylic acids is 1. The van der Waals surface area contributed by atoms with Crippen LogP contribution in [0.3, 0.4) is 0 Å². The molecule has 1 aromatic heterocycles. The zero-order valence-electron chi connectivity index (χ0n) is 16.6. The second-order valence-electron chi connectivity index (χ2n) is 7.33. The predicted octanol–water partition coefficient (Wildman–Crippen LogP) is 4.56. The van der Waals surface area contributed by atoms with Gasteiger partial charge in [0.1, 0.15) is 5.69 Å². The maximum Gasteiger partial charge on any atom is 0.292 e. The highest BCUT2D eigenvalue weighted by Crippen LogP contribution is 2.27. The van der Waals surface area contributed by atoms with Gasteiger partial charge >= 0.3 is 0 Å². The fraction of sp³-hybridized carbons (Fsp3) is 0.227. The Bertz CT molecular complexity index is 1090. The third kappa shape index (κ3) is 4.80. The molecule has 2 heterocycles. The third-order valence-electron chi connectivity index (χ3n) is 5.27. The monoisotopic (exact) mass is 437 g/mol. The Balaban J connectivity index is 1.44. The number of para-hydroxylation sites is 2. The molecule has 1 aliphatic heterocycles. The Hall–Kier alpha value is -3.52. The average molecular weight is 438 g/mol. The maximum atomic E-state index is 12.8. The first-order chi connectivity index (χ1) is 15.0. The Morgan fingerprint density at radius 1 is 1.10 bits per heavy atom. The van der Waals surface area contributed by atoms with E-state index in [1.807, 2.05) is 29.2 Å². The Morgan fingerprint density at radius 3 is 2.58 bits per heavy atom. The number of benzene rings is 2. The van der Waals surface area contributed by atoms with Crippen LogP contribution in [0.25, 0.3) is 11.3 Å². The number of anilines is 2. The van der Waals surface area contributed by atoms with Gasteiger partial charge in [-0.25, -0.2) is 0 Å². The quantitative estimate of drug-likeness (QED) is 0.463. The lowest BCUT2D eigenvalue weighted by molar-refractivity contribution is -0.383. The van der Waals surface area contributed by atoms with Crippen molar-refractivity contribution in [3.63, 3.8) is 0 Å². The number of nitro benzene ring substituents is 1. The molecule has 31 heavy (non-hydrogen) atoms. The van der Waals surface area contributed by atoms with Crippen molar-refractivity contribution >= 4 is 34.7 Å². The van der Waals surface area contributed by atoms with E-state index in [4.69, 9.17) is 11.6 Å². The van der Waals surface area contributed by atoms with Crippen molar-refractivity contribution in [1.29, 1.82) is 0 Å². The molecule has 1 fully saturated rings. The Morgan fingerprint density at radius 2 is 1.87 bits per heavy atom. The van der Waals surface area contributed by atoms with E-state index in [-0.39, 0.29) is 23.2 Å². The number of nitrogens with zero attached hydrogens (tertiary/aromatic N) is 4. The van der Waals surface area contributed by atoms with Gasteiger partial charge in [-0.1, -0.05) is 35.9 Å². The number of amides is 1. The van der Waals surface area contributed by atoms with Crippen molar-refractivity contribution in [2.24, 2.45) is 5.92 Å². The minimum absolute atomic E-state index is 0.118. The van der Waals surface area contributed by atoms with Crippen molar-refractivity contribution in [3.05, 3.63) is 75.8 Å². The van der Waals surface area contributed by atoms with Gasteiger partial charge in [-0.05, 0) is 43.2 Å². The zero-order valence-corrected chi connectivity index (χ0v) is 17.3. The lowest BCUT2D eigenvalue weighted by Crippen LogP contribution is -2.41. The molecule has 1 N–H and O–H groups in total. The van der Waals surface area contributed by atoms with Crippen molar-refractivity contribution in [3.8, 4) is 11.3 Å². The van der Waals surface area contributed by atoms with Crippen LogP contribution in [0.5, 0.6) is 0 Å². The number of halogens is 1. The summed E-state index contributed by atoms with van der Waals surface area (Å²) in [6, 6.07) is 17.3. The highest BCUT2D eigenvalue weighted by molar-refractivity contribution is 6.30. The summed E-state index contributed by atoms with van der Waals surface area (Å²) < 4.78 is 0. The molecular formula is C22H20ClN5O3. The van der Waals surface area contributed by atoms with Crippen LogP contribution in [0.1, 0.15) is 12.8 Å². The molecule has 0 bridgehead atoms. The Labute approximate surface area is 184 Å². The molecule has 1 saturated heterocycles. The number of hydrogen-bond acceptors (Lipinski definition) is 6. The molecule has 0 radical (unpaired) electrons. The summed E-state index contributed by atoms with van der Waals surface area (Å²) in [7, 11) is 0. The minimum Gasteiger partial charge on any atom is -0.354 e. The summed E-state index contributed by atoms with van der Waals surface area (Å²) in [5, 5.41) is 23.2. The maximum absolute atomic E-state index is 12.8. The van der Waals surface area contributed by atoms with Crippen LogP contribution in [0.2, 0.25) is 5.02 Å². The largest absolute Gasteiger partial charge is 0.354 e. The molecule has 0 saturated carbocycles. The van der Waals surface area contributed by atoms with Gasteiger partial charge in [0.25, 0.3) is 5.69 Å². The molecule has 4 rings (SSSR count). The number of rotatable bonds is 5. The molecule has 1 aliphatic rings. The summed E-state index contributed by atoms with van der Waals surface area (Å²) in [6.07, 6.45) is 1.52. The predicted molar refractivity (Wildman–Crippen MR) is 119 cm³/mol. The van der Waals surface area contributed by atoms with E-state index in [2.05, 4.69) is 15.5 Å². The first-order valence-electron chi connectivity index (χ1n) is 9.90. The molecule has 8 nitrogen and oxygen atoms in total. The molecule has 3 aromatic rings. The summed E-state index contributed by atoms with van der Waals surface area (Å²) in [5.74, 6) is 0.164. The third-order valence-corrected chi connectivity index (χ3v) is 5.52. The van der Waals surface area contributed by atoms with E-state index in [1.165, 1.54) is 12.1 Å². The van der Waals surface area contributed by atoms with E-state index >= 15 is 0 Å². The topological polar surface area (TPSA) is 101 Å². The summed E-state index contributed by atoms with van der Waals surface area (Å²) in [4.78, 5) is 25.5. The molecule has 1 unspecified atom stereocenters. The SMILES string of the molecule is O=C(Nc1ccccc1[N+](=O)[O-])C1CCCN(c2ccc(-c3ccc(Cl)cc3)nn2)C1. The van der Waals surface area contributed by atoms with Crippen molar-refractivity contribution < 1.29 is 9.72 Å². The van der Waals surface area contributed by atoms with Gasteiger partial charge in [0.2, 0.25) is 5.91 Å². The number of piperidine rings is 1. The smallest absolute Gasteiger partial charge is 0.292 e. The fourth-order valence-electron chi connectivity index (χ4n) is 3.64. The van der Waals surface area contributed by atoms with Crippen molar-refractivity contribution in [1.82, 2.24) is 10.2 Å². The van der Waals surface area contributed by atoms with Crippen molar-refractivity contribution in [2.75, 3.05) is 23.3 Å². The lowest BCUT2D eigenvalue weighted by Gasteiger charge is -2.32. The van der Waals surface area contributed by atoms with Crippen LogP contribution in [-0.2, 0) is 4.79 Å². The van der Waals surface area contributed by atoms with Gasteiger partial charge in [-0.15, -0.1) is 10.2 Å². The minimum atomic E-state index is -0.499. The number of carbonyl (C=O) groups is 1. The lowest BCUT2D eigenvalue weighted by atomic mass is 9.97. The molecule has 0 spiro atoms. The van der Waals surface area contributed by atoms with Gasteiger partial charge in [-0.3, -0.25) is 14.9 Å². The van der Waals surface area contributed by atoms with Gasteiger partial charge in [0.05, 0.1) is 16.5 Å². The summed E-state index contributed by atoms with van der Waals surface area (Å²) in [5.41, 5.74) is 1.75. The summed E-state index contributed by atoms with van der Waals surface area (Å²) >= 11 is 5.93. The average Bonchev–Trinajstić information content (AvgIpc) is 2.80. The second kappa shape index (κ2) is 9.09. The van der Waals surface area contributed by atoms with Gasteiger partial charge in [0, 0.05) is 29.7 Å². The van der Waals surface area contributed by atoms with Gasteiger partial charge in [0.15, 0.2) is 5.82 Å². The van der Waals surface area contributed by atoms with Gasteiger partial charge < -0.3 is 10.2 Å². The molecular weight excluding hydrogens is 418 g/mol. The van der Waals surface area contributed by atoms with Crippen LogP contribution in [0.4, 0.5) is 17.2 Å². The number of nitrogens with one attached hydrogen (secondary N) is 1. The first-order valence-corrected chi connectivity index (χ1v) is 10.3. The molecule has 1 atom stereocenters. The zero-order chi connectivity index (χ0) is 21.8. The normalized spacial score (nSPS) is 16.0. The highest BCUT2D eigenvalue weighted by Gasteiger charge is 2.28. The van der Waals surface area contributed by atoms with Crippen LogP contribution in [-0.4, -0.2) is 34.1 Å². The van der Waals surface area contributed by atoms with Crippen LogP contribution >= 0.6 is 11.6 Å². The molecule has 0 aliphatic carbocycles. The molecule has 2 aromatic carbocycles. The van der Waals surface area contributed by atoms with Crippen LogP contribution < -0.4 is 10.2 Å². The molecule has 9 heteroatoms. The van der Waals surface area contributed by atoms with E-state index in [1.54, 1.807) is 24.3 Å². The molecule has 158 valence electrons. The number of nitro groups is 1. The summed E-state index contributed by atoms with van der Waals surface area (Å²) in [6.45, 7) is 1.24. The Kier molecular flexibility index (Phi) is 6.08. The second-order valence-corrected chi connectivity index (χ2v) is 7.77. The standard InChI is InChI=1S/C22H20ClN5O3/c23-17-9-7-15(8-10-17)18-11-12-21(26-25-18)27-13-3-4-16(14-27)22(29)24-19-5-1-2-6-20(19)28(30)31/h1-2,5-12,16H,3-4,13-14H2,(H,24,29). The van der Waals surface area contributed by atoms with Crippen LogP contribution in [0.15, 0.2) is 60.7 Å². The van der Waals surface area contributed by atoms with E-state index in [0.29, 0.717) is 23.8 Å². The first kappa shape index (κ1) is 20.7. The number of aromatic nitrogens is 2. The highest BCUT2D eigenvalue weighted by atomic mass is 35.5. The van der Waals surface area contributed by atoms with E-state index in [9.17, 15) is 14.9 Å². The van der Waals surface area contributed by atoms with Crippen LogP contribution in [0, 0.1) is 16.0 Å². The number of hydrogen-bond donors (Lipinski definition) is 1.